The van der Waals surface area contributed by atoms with Crippen molar-refractivity contribution in [3.05, 3.63) is 0 Å². The molecule has 2 amide bonds. The van der Waals surface area contributed by atoms with Crippen LogP contribution in [0.3, 0.4) is 0 Å². The summed E-state index contributed by atoms with van der Waals surface area (Å²) in [6.45, 7) is 5.64. The normalized spacial score (nSPS) is 21.8. The molecule has 0 aromatic carbocycles. The van der Waals surface area contributed by atoms with Crippen molar-refractivity contribution in [1.29, 1.82) is 0 Å². The van der Waals surface area contributed by atoms with Crippen molar-refractivity contribution in [2.24, 2.45) is 11.8 Å². The molecule has 0 aromatic heterocycles. The van der Waals surface area contributed by atoms with Gasteiger partial charge in [-0.3, -0.25) is 19.9 Å². The summed E-state index contributed by atoms with van der Waals surface area (Å²) in [5, 5.41) is 2.81. The highest BCUT2D eigenvalue weighted by Crippen LogP contribution is 2.12. The van der Waals surface area contributed by atoms with Gasteiger partial charge in [0.25, 0.3) is 0 Å². The van der Waals surface area contributed by atoms with Crippen LogP contribution in [-0.2, 0) is 9.59 Å². The molecule has 2 atom stereocenters. The Kier molecular flexibility index (Phi) is 4.70. The minimum Gasteiger partial charge on any atom is -0.355 e. The summed E-state index contributed by atoms with van der Waals surface area (Å²) in [4.78, 5) is 24.8. The first-order chi connectivity index (χ1) is 7.56. The number of hydrogen-bond acceptors (Lipinski definition) is 4. The first-order valence-electron chi connectivity index (χ1n) is 5.57. The van der Waals surface area contributed by atoms with Crippen LogP contribution in [0.15, 0.2) is 0 Å². The Morgan fingerprint density at radius 1 is 1.56 bits per heavy atom. The third-order valence-electron chi connectivity index (χ3n) is 3.15. The lowest BCUT2D eigenvalue weighted by atomic mass is 10.0. The Hall–Kier alpha value is -1.14. The lowest BCUT2D eigenvalue weighted by Crippen LogP contribution is -2.47. The quantitative estimate of drug-likeness (QED) is 0.322. The van der Waals surface area contributed by atoms with Gasteiger partial charge < -0.3 is 5.32 Å². The SMILES string of the molecule is CC(C(=O)NN)C(C)N1CCCNC(=O)C1. The van der Waals surface area contributed by atoms with Crippen LogP contribution in [-0.4, -0.2) is 42.4 Å². The molecule has 0 aromatic rings. The second-order valence-corrected chi connectivity index (χ2v) is 4.21. The van der Waals surface area contributed by atoms with Crippen molar-refractivity contribution < 1.29 is 9.59 Å². The van der Waals surface area contributed by atoms with E-state index in [4.69, 9.17) is 5.84 Å². The van der Waals surface area contributed by atoms with Crippen LogP contribution >= 0.6 is 0 Å². The number of rotatable bonds is 3. The molecule has 2 unspecified atom stereocenters. The molecule has 0 spiro atoms. The molecule has 4 N–H and O–H groups in total. The molecule has 1 saturated heterocycles. The van der Waals surface area contributed by atoms with E-state index < -0.39 is 0 Å². The lowest BCUT2D eigenvalue weighted by Gasteiger charge is -2.30. The summed E-state index contributed by atoms with van der Waals surface area (Å²) in [5.41, 5.74) is 2.15. The minimum absolute atomic E-state index is 0.00685. The molecular weight excluding hydrogens is 208 g/mol. The molecule has 1 heterocycles. The number of nitrogens with zero attached hydrogens (tertiary/aromatic N) is 1. The first kappa shape index (κ1) is 12.9. The van der Waals surface area contributed by atoms with Crippen LogP contribution < -0.4 is 16.6 Å². The molecule has 1 aliphatic rings. The maximum absolute atomic E-state index is 11.4. The van der Waals surface area contributed by atoms with Gasteiger partial charge in [-0.1, -0.05) is 6.92 Å². The topological polar surface area (TPSA) is 87.5 Å². The maximum atomic E-state index is 11.4. The van der Waals surface area contributed by atoms with E-state index in [9.17, 15) is 9.59 Å². The Balaban J connectivity index is 2.60. The molecule has 0 aliphatic carbocycles. The summed E-state index contributed by atoms with van der Waals surface area (Å²) in [6, 6.07) is 0.00685. The van der Waals surface area contributed by atoms with Gasteiger partial charge in [0.15, 0.2) is 0 Å². The van der Waals surface area contributed by atoms with Crippen LogP contribution in [0.1, 0.15) is 20.3 Å². The predicted octanol–water partition coefficient (Wildman–Crippen LogP) is -1.18. The van der Waals surface area contributed by atoms with Crippen molar-refractivity contribution in [2.45, 2.75) is 26.3 Å². The van der Waals surface area contributed by atoms with Crippen LogP contribution in [0.2, 0.25) is 0 Å². The molecule has 1 aliphatic heterocycles. The second-order valence-electron chi connectivity index (χ2n) is 4.21. The number of amides is 2. The van der Waals surface area contributed by atoms with Crippen molar-refractivity contribution in [2.75, 3.05) is 19.6 Å². The van der Waals surface area contributed by atoms with E-state index in [2.05, 4.69) is 10.7 Å². The van der Waals surface area contributed by atoms with Gasteiger partial charge in [-0.15, -0.1) is 0 Å². The fraction of sp³-hybridized carbons (Fsp3) is 0.800. The van der Waals surface area contributed by atoms with Crippen molar-refractivity contribution in [3.8, 4) is 0 Å². The summed E-state index contributed by atoms with van der Waals surface area (Å²) in [6.07, 6.45) is 0.910. The zero-order chi connectivity index (χ0) is 12.1. The summed E-state index contributed by atoms with van der Waals surface area (Å²) < 4.78 is 0. The highest BCUT2D eigenvalue weighted by molar-refractivity contribution is 5.79. The molecule has 6 heteroatoms. The van der Waals surface area contributed by atoms with Gasteiger partial charge in [-0.25, -0.2) is 5.84 Å². The van der Waals surface area contributed by atoms with E-state index in [-0.39, 0.29) is 23.8 Å². The van der Waals surface area contributed by atoms with Crippen molar-refractivity contribution in [3.63, 3.8) is 0 Å². The number of carbonyl (C=O) groups excluding carboxylic acids is 2. The van der Waals surface area contributed by atoms with Crippen LogP contribution in [0.4, 0.5) is 0 Å². The minimum atomic E-state index is -0.226. The summed E-state index contributed by atoms with van der Waals surface area (Å²) >= 11 is 0. The van der Waals surface area contributed by atoms with E-state index in [1.165, 1.54) is 0 Å². The highest BCUT2D eigenvalue weighted by Gasteiger charge is 2.27. The maximum Gasteiger partial charge on any atom is 0.238 e. The molecule has 0 saturated carbocycles. The molecule has 92 valence electrons. The van der Waals surface area contributed by atoms with E-state index in [1.807, 2.05) is 18.7 Å². The Labute approximate surface area is 95.5 Å². The van der Waals surface area contributed by atoms with Gasteiger partial charge in [0.2, 0.25) is 11.8 Å². The van der Waals surface area contributed by atoms with E-state index in [0.717, 1.165) is 13.0 Å². The zero-order valence-corrected chi connectivity index (χ0v) is 9.82. The molecule has 16 heavy (non-hydrogen) atoms. The Morgan fingerprint density at radius 2 is 2.25 bits per heavy atom. The molecule has 6 nitrogen and oxygen atoms in total. The number of hydrogen-bond donors (Lipinski definition) is 3. The highest BCUT2D eigenvalue weighted by atomic mass is 16.2. The standard InChI is InChI=1S/C10H20N4O2/c1-7(10(16)13-11)8(2)14-5-3-4-12-9(15)6-14/h7-8H,3-6,11H2,1-2H3,(H,12,15)(H,13,16). The average molecular weight is 228 g/mol. The molecule has 0 bridgehead atoms. The van der Waals surface area contributed by atoms with E-state index in [0.29, 0.717) is 13.1 Å². The Bertz CT molecular complexity index is 270. The molecule has 0 radical (unpaired) electrons. The largest absolute Gasteiger partial charge is 0.355 e. The number of carbonyl (C=O) groups is 2. The van der Waals surface area contributed by atoms with Gasteiger partial charge in [0.1, 0.15) is 0 Å². The zero-order valence-electron chi connectivity index (χ0n) is 9.82. The summed E-state index contributed by atoms with van der Waals surface area (Å²) in [5.74, 6) is 4.70. The monoisotopic (exact) mass is 228 g/mol. The average Bonchev–Trinajstić information content (AvgIpc) is 2.50. The summed E-state index contributed by atoms with van der Waals surface area (Å²) in [7, 11) is 0. The van der Waals surface area contributed by atoms with E-state index in [1.54, 1.807) is 0 Å². The second kappa shape index (κ2) is 5.81. The number of nitrogens with one attached hydrogen (secondary N) is 2. The Morgan fingerprint density at radius 3 is 2.88 bits per heavy atom. The van der Waals surface area contributed by atoms with Gasteiger partial charge in [0, 0.05) is 19.1 Å². The predicted molar refractivity (Wildman–Crippen MR) is 60.2 cm³/mol. The van der Waals surface area contributed by atoms with Crippen molar-refractivity contribution in [1.82, 2.24) is 15.6 Å². The third kappa shape index (κ3) is 3.18. The fourth-order valence-electron chi connectivity index (χ4n) is 1.84. The first-order valence-corrected chi connectivity index (χ1v) is 5.57. The molecule has 1 fully saturated rings. The van der Waals surface area contributed by atoms with Gasteiger partial charge in [0.05, 0.1) is 12.5 Å². The van der Waals surface area contributed by atoms with Gasteiger partial charge in [-0.2, -0.15) is 0 Å². The van der Waals surface area contributed by atoms with Crippen molar-refractivity contribution >= 4 is 11.8 Å². The number of nitrogens with two attached hydrogens (primary N) is 1. The van der Waals surface area contributed by atoms with Crippen LogP contribution in [0.5, 0.6) is 0 Å². The fourth-order valence-corrected chi connectivity index (χ4v) is 1.84. The smallest absolute Gasteiger partial charge is 0.238 e. The lowest BCUT2D eigenvalue weighted by molar-refractivity contribution is -0.128. The molecule has 1 rings (SSSR count). The van der Waals surface area contributed by atoms with Crippen LogP contribution in [0, 0.1) is 5.92 Å². The third-order valence-corrected chi connectivity index (χ3v) is 3.15. The number of hydrazine groups is 1. The van der Waals surface area contributed by atoms with Gasteiger partial charge in [-0.05, 0) is 13.3 Å². The van der Waals surface area contributed by atoms with E-state index >= 15 is 0 Å². The van der Waals surface area contributed by atoms with Gasteiger partial charge >= 0.3 is 0 Å². The molecular formula is C10H20N4O2. The van der Waals surface area contributed by atoms with Crippen LogP contribution in [0.25, 0.3) is 0 Å².